The zero-order valence-electron chi connectivity index (χ0n) is 15.8. The van der Waals surface area contributed by atoms with Crippen molar-refractivity contribution in [2.75, 3.05) is 11.9 Å². The van der Waals surface area contributed by atoms with Crippen molar-refractivity contribution in [1.29, 1.82) is 0 Å². The first kappa shape index (κ1) is 20.5. The molecular weight excluding hydrogens is 443 g/mol. The van der Waals surface area contributed by atoms with Crippen LogP contribution in [0.25, 0.3) is 11.6 Å². The van der Waals surface area contributed by atoms with Crippen molar-refractivity contribution in [3.63, 3.8) is 0 Å². The molecule has 0 bridgehead atoms. The summed E-state index contributed by atoms with van der Waals surface area (Å²) < 4.78 is 5.14. The molecule has 0 saturated heterocycles. The number of aromatic hydroxyl groups is 1. The fourth-order valence-electron chi connectivity index (χ4n) is 3.03. The Morgan fingerprint density at radius 2 is 2.07 bits per heavy atom. The van der Waals surface area contributed by atoms with Crippen molar-refractivity contribution in [3.8, 4) is 5.75 Å². The van der Waals surface area contributed by atoms with E-state index in [0.29, 0.717) is 25.6 Å². The maximum Gasteiger partial charge on any atom is 0.344 e. The number of aliphatic imine (C=N–C) groups is 1. The molecule has 0 radical (unpaired) electrons. The first-order valence-electron chi connectivity index (χ1n) is 9.08. The Bertz CT molecular complexity index is 1200. The molecule has 2 aromatic carbocycles. The van der Waals surface area contributed by atoms with Crippen molar-refractivity contribution < 1.29 is 14.6 Å². The van der Waals surface area contributed by atoms with Gasteiger partial charge in [-0.3, -0.25) is 4.99 Å². The van der Waals surface area contributed by atoms with Gasteiger partial charge < -0.3 is 15.2 Å². The molecule has 0 spiro atoms. The van der Waals surface area contributed by atoms with E-state index in [1.165, 1.54) is 11.3 Å². The van der Waals surface area contributed by atoms with Crippen LogP contribution in [-0.2, 0) is 4.74 Å². The lowest BCUT2D eigenvalue weighted by atomic mass is 10.1. The summed E-state index contributed by atoms with van der Waals surface area (Å²) in [6, 6.07) is 12.7. The number of benzene rings is 2. The average molecular weight is 459 g/mol. The van der Waals surface area contributed by atoms with Crippen molar-refractivity contribution in [2.24, 2.45) is 4.99 Å². The van der Waals surface area contributed by atoms with E-state index in [9.17, 15) is 9.90 Å². The Kier molecular flexibility index (Phi) is 5.81. The van der Waals surface area contributed by atoms with E-state index in [1.807, 2.05) is 24.3 Å². The third-order valence-corrected chi connectivity index (χ3v) is 6.00. The van der Waals surface area contributed by atoms with Gasteiger partial charge in [-0.2, -0.15) is 0 Å². The van der Waals surface area contributed by atoms with Gasteiger partial charge in [0.15, 0.2) is 0 Å². The van der Waals surface area contributed by atoms with Crippen LogP contribution >= 0.6 is 34.5 Å². The predicted octanol–water partition coefficient (Wildman–Crippen LogP) is 6.94. The zero-order chi connectivity index (χ0) is 21.3. The number of allylic oxidation sites excluding steroid dienone is 1. The average Bonchev–Trinajstić information content (AvgIpc) is 3.26. The smallest absolute Gasteiger partial charge is 0.344 e. The van der Waals surface area contributed by atoms with Crippen LogP contribution in [-0.4, -0.2) is 23.9 Å². The number of para-hydroxylation sites is 1. The number of hydrogen-bond acceptors (Lipinski definition) is 6. The maximum absolute atomic E-state index is 12.5. The minimum absolute atomic E-state index is 0.0583. The van der Waals surface area contributed by atoms with E-state index in [1.54, 1.807) is 37.4 Å². The van der Waals surface area contributed by atoms with Crippen LogP contribution in [0.1, 0.15) is 27.7 Å². The lowest BCUT2D eigenvalue weighted by Gasteiger charge is -2.09. The lowest BCUT2D eigenvalue weighted by molar-refractivity contribution is 0.0525. The largest absolute Gasteiger partial charge is 0.505 e. The predicted molar refractivity (Wildman–Crippen MR) is 124 cm³/mol. The highest BCUT2D eigenvalue weighted by molar-refractivity contribution is 7.18. The van der Waals surface area contributed by atoms with E-state index >= 15 is 0 Å². The van der Waals surface area contributed by atoms with Gasteiger partial charge in [0.1, 0.15) is 16.3 Å². The summed E-state index contributed by atoms with van der Waals surface area (Å²) in [6.45, 7) is 1.89. The Morgan fingerprint density at radius 3 is 2.83 bits per heavy atom. The third-order valence-electron chi connectivity index (χ3n) is 4.41. The number of hydrogen-bond donors (Lipinski definition) is 2. The summed E-state index contributed by atoms with van der Waals surface area (Å²) in [4.78, 5) is 17.4. The van der Waals surface area contributed by atoms with Gasteiger partial charge in [-0.15, -0.1) is 11.3 Å². The molecule has 0 amide bonds. The standard InChI is InChI=1S/C22H16Cl2N2O3S/c1-2-29-22(28)19-20(27)18(9-12-11-25-16-6-4-3-5-14(12)16)30-21(19)26-17-8-7-13(23)10-15(17)24/h3-11,26-27H,2H2,1H3. The van der Waals surface area contributed by atoms with Crippen molar-refractivity contribution in [1.82, 2.24) is 0 Å². The molecule has 2 heterocycles. The number of rotatable bonds is 5. The Morgan fingerprint density at radius 1 is 1.27 bits per heavy atom. The number of esters is 1. The summed E-state index contributed by atoms with van der Waals surface area (Å²) in [6.07, 6.45) is 3.53. The number of anilines is 2. The van der Waals surface area contributed by atoms with Crippen molar-refractivity contribution in [3.05, 3.63) is 68.5 Å². The van der Waals surface area contributed by atoms with E-state index in [0.717, 1.165) is 16.8 Å². The number of ether oxygens (including phenoxy) is 1. The van der Waals surface area contributed by atoms with Crippen LogP contribution in [0.15, 0.2) is 47.5 Å². The van der Waals surface area contributed by atoms with Crippen molar-refractivity contribution >= 4 is 74.7 Å². The molecule has 2 N–H and O–H groups in total. The Hall–Kier alpha value is -2.80. The van der Waals surface area contributed by atoms with Crippen LogP contribution in [0.3, 0.4) is 0 Å². The second-order valence-electron chi connectivity index (χ2n) is 6.36. The molecule has 30 heavy (non-hydrogen) atoms. The summed E-state index contributed by atoms with van der Waals surface area (Å²) >= 11 is 13.4. The molecule has 0 saturated carbocycles. The van der Waals surface area contributed by atoms with Crippen LogP contribution in [0.2, 0.25) is 10.0 Å². The summed E-state index contributed by atoms with van der Waals surface area (Å²) in [5.41, 5.74) is 3.27. The monoisotopic (exact) mass is 458 g/mol. The van der Waals surface area contributed by atoms with Gasteiger partial charge in [0.25, 0.3) is 0 Å². The highest BCUT2D eigenvalue weighted by Crippen LogP contribution is 2.44. The van der Waals surface area contributed by atoms with Gasteiger partial charge in [0.2, 0.25) is 0 Å². The molecule has 5 nitrogen and oxygen atoms in total. The van der Waals surface area contributed by atoms with Crippen molar-refractivity contribution in [2.45, 2.75) is 6.92 Å². The van der Waals surface area contributed by atoms with E-state index < -0.39 is 5.97 Å². The minimum Gasteiger partial charge on any atom is -0.505 e. The fourth-order valence-corrected chi connectivity index (χ4v) is 4.53. The third kappa shape index (κ3) is 3.94. The topological polar surface area (TPSA) is 70.9 Å². The summed E-state index contributed by atoms with van der Waals surface area (Å²) in [5, 5.41) is 15.3. The molecule has 3 aromatic rings. The summed E-state index contributed by atoms with van der Waals surface area (Å²) in [7, 11) is 0. The van der Waals surface area contributed by atoms with Gasteiger partial charge in [0.05, 0.1) is 27.9 Å². The molecule has 0 fully saturated rings. The van der Waals surface area contributed by atoms with Gasteiger partial charge in [0, 0.05) is 22.4 Å². The first-order chi connectivity index (χ1) is 14.5. The highest BCUT2D eigenvalue weighted by atomic mass is 35.5. The van der Waals surface area contributed by atoms with Gasteiger partial charge >= 0.3 is 5.97 Å². The second kappa shape index (κ2) is 8.52. The zero-order valence-corrected chi connectivity index (χ0v) is 18.1. The molecule has 1 aromatic heterocycles. The number of carbonyl (C=O) groups is 1. The molecule has 1 aliphatic heterocycles. The minimum atomic E-state index is -0.621. The quantitative estimate of drug-likeness (QED) is 0.406. The van der Waals surface area contributed by atoms with Crippen LogP contribution in [0, 0.1) is 0 Å². The fraction of sp³-hybridized carbons (Fsp3) is 0.0909. The number of nitrogens with one attached hydrogen (secondary N) is 1. The van der Waals surface area contributed by atoms with E-state index in [2.05, 4.69) is 10.3 Å². The molecule has 152 valence electrons. The Labute approximate surface area is 187 Å². The molecule has 1 aliphatic rings. The van der Waals surface area contributed by atoms with E-state index in [4.69, 9.17) is 27.9 Å². The number of thiophene rings is 1. The molecular formula is C22H16Cl2N2O3S. The molecule has 0 aliphatic carbocycles. The first-order valence-corrected chi connectivity index (χ1v) is 10.6. The molecule has 0 atom stereocenters. The summed E-state index contributed by atoms with van der Waals surface area (Å²) in [5.74, 6) is -0.778. The van der Waals surface area contributed by atoms with Crippen LogP contribution in [0.4, 0.5) is 16.4 Å². The number of fused-ring (bicyclic) bond motifs is 1. The highest BCUT2D eigenvalue weighted by Gasteiger charge is 2.25. The Balaban J connectivity index is 1.78. The maximum atomic E-state index is 12.5. The van der Waals surface area contributed by atoms with E-state index in [-0.39, 0.29) is 17.9 Å². The SMILES string of the molecule is CCOC(=O)c1c(Nc2ccc(Cl)cc2Cl)sc(C=C2C=Nc3ccccc32)c1O. The molecule has 0 unspecified atom stereocenters. The van der Waals surface area contributed by atoms with Gasteiger partial charge in [-0.05, 0) is 37.3 Å². The number of nitrogens with zero attached hydrogens (tertiary/aromatic N) is 1. The lowest BCUT2D eigenvalue weighted by Crippen LogP contribution is -2.06. The van der Waals surface area contributed by atoms with Crippen LogP contribution < -0.4 is 5.32 Å². The van der Waals surface area contributed by atoms with Gasteiger partial charge in [-0.1, -0.05) is 41.4 Å². The molecule has 4 rings (SSSR count). The number of carbonyl (C=O) groups excluding carboxylic acids is 1. The number of halogens is 2. The second-order valence-corrected chi connectivity index (χ2v) is 8.26. The van der Waals surface area contributed by atoms with Crippen LogP contribution in [0.5, 0.6) is 5.75 Å². The normalized spacial score (nSPS) is 13.5. The van der Waals surface area contributed by atoms with Gasteiger partial charge in [-0.25, -0.2) is 4.79 Å². The molecule has 8 heteroatoms.